The van der Waals surface area contributed by atoms with Crippen molar-refractivity contribution in [1.29, 1.82) is 0 Å². The summed E-state index contributed by atoms with van der Waals surface area (Å²) in [4.78, 5) is 28.8. The minimum Gasteiger partial charge on any atom is -0.306 e. The number of benzene rings is 1. The highest BCUT2D eigenvalue weighted by molar-refractivity contribution is 6.03. The number of aromatic nitrogens is 2. The molecule has 1 amide bonds. The first kappa shape index (κ1) is 19.9. The predicted octanol–water partition coefficient (Wildman–Crippen LogP) is 4.59. The SMILES string of the molecule is CCCCCCC(C)(CC)n1ccc(NC(=O)c2ccccc2)nc1=O. The van der Waals surface area contributed by atoms with Crippen molar-refractivity contribution in [1.82, 2.24) is 9.55 Å². The molecule has 0 aliphatic heterocycles. The summed E-state index contributed by atoms with van der Waals surface area (Å²) in [5.74, 6) is 0.0117. The van der Waals surface area contributed by atoms with E-state index in [-0.39, 0.29) is 23.0 Å². The van der Waals surface area contributed by atoms with Crippen molar-refractivity contribution >= 4 is 11.7 Å². The van der Waals surface area contributed by atoms with Gasteiger partial charge in [-0.1, -0.05) is 57.7 Å². The lowest BCUT2D eigenvalue weighted by Crippen LogP contribution is -2.39. The average molecular weight is 355 g/mol. The van der Waals surface area contributed by atoms with Crippen LogP contribution in [0.15, 0.2) is 47.4 Å². The van der Waals surface area contributed by atoms with Crippen molar-refractivity contribution in [3.05, 3.63) is 58.6 Å². The van der Waals surface area contributed by atoms with Crippen LogP contribution in [0.25, 0.3) is 0 Å². The molecule has 1 aromatic heterocycles. The van der Waals surface area contributed by atoms with E-state index in [4.69, 9.17) is 0 Å². The Bertz CT molecular complexity index is 770. The zero-order chi connectivity index (χ0) is 19.0. The van der Waals surface area contributed by atoms with Gasteiger partial charge in [0.2, 0.25) is 0 Å². The molecular weight excluding hydrogens is 326 g/mol. The Hall–Kier alpha value is -2.43. The van der Waals surface area contributed by atoms with Gasteiger partial charge in [0.05, 0.1) is 0 Å². The first-order valence-electron chi connectivity index (χ1n) is 9.46. The largest absolute Gasteiger partial charge is 0.350 e. The van der Waals surface area contributed by atoms with Crippen LogP contribution in [0.2, 0.25) is 0 Å². The van der Waals surface area contributed by atoms with E-state index >= 15 is 0 Å². The number of nitrogens with zero attached hydrogens (tertiary/aromatic N) is 2. The van der Waals surface area contributed by atoms with Crippen LogP contribution in [-0.2, 0) is 5.54 Å². The second-order valence-electron chi connectivity index (χ2n) is 6.95. The van der Waals surface area contributed by atoms with Crippen LogP contribution in [0, 0.1) is 0 Å². The standard InChI is InChI=1S/C21H29N3O2/c1-4-6-7-11-15-21(3,5-2)24-16-14-18(23-20(24)26)22-19(25)17-12-9-8-10-13-17/h8-10,12-14,16H,4-7,11,15H2,1-3H3,(H,22,23,25,26). The van der Waals surface area contributed by atoms with E-state index in [0.29, 0.717) is 5.56 Å². The van der Waals surface area contributed by atoms with Crippen LogP contribution >= 0.6 is 0 Å². The summed E-state index contributed by atoms with van der Waals surface area (Å²) in [6, 6.07) is 10.6. The van der Waals surface area contributed by atoms with Crippen LogP contribution in [0.5, 0.6) is 0 Å². The van der Waals surface area contributed by atoms with Crippen molar-refractivity contribution in [3.8, 4) is 0 Å². The number of amides is 1. The third kappa shape index (κ3) is 5.04. The molecule has 1 aromatic carbocycles. The van der Waals surface area contributed by atoms with Crippen molar-refractivity contribution in [2.45, 2.75) is 64.8 Å². The summed E-state index contributed by atoms with van der Waals surface area (Å²) in [6.45, 7) is 6.39. The molecular formula is C21H29N3O2. The molecule has 1 unspecified atom stereocenters. The number of carbonyl (C=O) groups is 1. The monoisotopic (exact) mass is 355 g/mol. The van der Waals surface area contributed by atoms with Crippen molar-refractivity contribution in [3.63, 3.8) is 0 Å². The highest BCUT2D eigenvalue weighted by Gasteiger charge is 2.25. The van der Waals surface area contributed by atoms with Gasteiger partial charge in [0, 0.05) is 17.3 Å². The topological polar surface area (TPSA) is 64.0 Å². The lowest BCUT2D eigenvalue weighted by molar-refractivity contribution is 0.102. The van der Waals surface area contributed by atoms with E-state index < -0.39 is 0 Å². The quantitative estimate of drug-likeness (QED) is 0.669. The highest BCUT2D eigenvalue weighted by atomic mass is 16.2. The molecule has 0 radical (unpaired) electrons. The molecule has 5 heteroatoms. The number of carbonyl (C=O) groups excluding carboxylic acids is 1. The molecule has 140 valence electrons. The third-order valence-electron chi connectivity index (χ3n) is 4.99. The zero-order valence-corrected chi connectivity index (χ0v) is 16.0. The Morgan fingerprint density at radius 2 is 1.85 bits per heavy atom. The smallest absolute Gasteiger partial charge is 0.306 e. The maximum atomic E-state index is 12.6. The van der Waals surface area contributed by atoms with E-state index in [1.165, 1.54) is 19.3 Å². The fourth-order valence-corrected chi connectivity index (χ4v) is 3.06. The maximum absolute atomic E-state index is 12.6. The van der Waals surface area contributed by atoms with Gasteiger partial charge in [0.1, 0.15) is 5.82 Å². The van der Waals surface area contributed by atoms with Gasteiger partial charge in [-0.25, -0.2) is 4.79 Å². The second kappa shape index (κ2) is 9.32. The average Bonchev–Trinajstić information content (AvgIpc) is 2.66. The summed E-state index contributed by atoms with van der Waals surface area (Å²) in [5, 5.41) is 2.69. The molecule has 0 aliphatic rings. The number of rotatable bonds is 9. The van der Waals surface area contributed by atoms with Gasteiger partial charge in [-0.15, -0.1) is 0 Å². The fraction of sp³-hybridized carbons (Fsp3) is 0.476. The Morgan fingerprint density at radius 3 is 2.46 bits per heavy atom. The molecule has 0 saturated heterocycles. The molecule has 0 bridgehead atoms. The van der Waals surface area contributed by atoms with Crippen LogP contribution in [0.1, 0.15) is 69.7 Å². The minimum atomic E-state index is -0.323. The summed E-state index contributed by atoms with van der Waals surface area (Å²) in [5.41, 5.74) is -0.0386. The highest BCUT2D eigenvalue weighted by Crippen LogP contribution is 2.26. The predicted molar refractivity (Wildman–Crippen MR) is 106 cm³/mol. The van der Waals surface area contributed by atoms with Gasteiger partial charge in [0.25, 0.3) is 5.91 Å². The van der Waals surface area contributed by atoms with Crippen molar-refractivity contribution in [2.75, 3.05) is 5.32 Å². The number of nitrogens with one attached hydrogen (secondary N) is 1. The molecule has 0 aliphatic carbocycles. The molecule has 2 rings (SSSR count). The van der Waals surface area contributed by atoms with Gasteiger partial charge in [-0.3, -0.25) is 9.36 Å². The Balaban J connectivity index is 2.12. The Labute approximate surface area is 155 Å². The van der Waals surface area contributed by atoms with Gasteiger partial charge in [-0.05, 0) is 38.0 Å². The van der Waals surface area contributed by atoms with Crippen molar-refractivity contribution in [2.24, 2.45) is 0 Å². The van der Waals surface area contributed by atoms with Crippen LogP contribution < -0.4 is 11.0 Å². The molecule has 1 N–H and O–H groups in total. The zero-order valence-electron chi connectivity index (χ0n) is 16.0. The summed E-state index contributed by atoms with van der Waals surface area (Å²) < 4.78 is 1.71. The summed E-state index contributed by atoms with van der Waals surface area (Å²) >= 11 is 0. The second-order valence-corrected chi connectivity index (χ2v) is 6.95. The number of unbranched alkanes of at least 4 members (excludes halogenated alkanes) is 3. The summed E-state index contributed by atoms with van der Waals surface area (Å²) in [6.07, 6.45) is 8.24. The number of hydrogen-bond acceptors (Lipinski definition) is 3. The lowest BCUT2D eigenvalue weighted by Gasteiger charge is -2.30. The van der Waals surface area contributed by atoms with Gasteiger partial charge in [0.15, 0.2) is 0 Å². The lowest BCUT2D eigenvalue weighted by atomic mass is 9.91. The molecule has 0 fully saturated rings. The number of anilines is 1. The molecule has 1 heterocycles. The normalized spacial score (nSPS) is 13.2. The van der Waals surface area contributed by atoms with E-state index in [0.717, 1.165) is 19.3 Å². The molecule has 2 aromatic rings. The Kier molecular flexibility index (Phi) is 7.13. The molecule has 0 spiro atoms. The van der Waals surface area contributed by atoms with Crippen LogP contribution in [0.4, 0.5) is 5.82 Å². The fourth-order valence-electron chi connectivity index (χ4n) is 3.06. The first-order valence-corrected chi connectivity index (χ1v) is 9.46. The maximum Gasteiger partial charge on any atom is 0.350 e. The first-order chi connectivity index (χ1) is 12.5. The van der Waals surface area contributed by atoms with Crippen LogP contribution in [-0.4, -0.2) is 15.5 Å². The van der Waals surface area contributed by atoms with E-state index in [1.807, 2.05) is 6.07 Å². The van der Waals surface area contributed by atoms with Crippen molar-refractivity contribution < 1.29 is 4.79 Å². The molecule has 26 heavy (non-hydrogen) atoms. The van der Waals surface area contributed by atoms with E-state index in [2.05, 4.69) is 31.1 Å². The third-order valence-corrected chi connectivity index (χ3v) is 4.99. The summed E-state index contributed by atoms with van der Waals surface area (Å²) in [7, 11) is 0. The van der Waals surface area contributed by atoms with E-state index in [9.17, 15) is 9.59 Å². The van der Waals surface area contributed by atoms with Gasteiger partial charge >= 0.3 is 5.69 Å². The van der Waals surface area contributed by atoms with Crippen LogP contribution in [0.3, 0.4) is 0 Å². The molecule has 5 nitrogen and oxygen atoms in total. The van der Waals surface area contributed by atoms with E-state index in [1.54, 1.807) is 41.1 Å². The minimum absolute atomic E-state index is 0.250. The van der Waals surface area contributed by atoms with Gasteiger partial charge < -0.3 is 5.32 Å². The molecule has 0 saturated carbocycles. The molecule has 1 atom stereocenters. The Morgan fingerprint density at radius 1 is 1.12 bits per heavy atom. The van der Waals surface area contributed by atoms with Gasteiger partial charge in [-0.2, -0.15) is 4.98 Å². The number of hydrogen-bond donors (Lipinski definition) is 1.